The van der Waals surface area contributed by atoms with Crippen molar-refractivity contribution in [2.75, 3.05) is 13.2 Å². The Kier molecular flexibility index (Phi) is 3.76. The molecule has 0 aromatic heterocycles. The van der Waals surface area contributed by atoms with Gasteiger partial charge in [-0.15, -0.1) is 0 Å². The van der Waals surface area contributed by atoms with Gasteiger partial charge in [0.2, 0.25) is 0 Å². The Bertz CT molecular complexity index is 503. The molecule has 1 unspecified atom stereocenters. The van der Waals surface area contributed by atoms with Crippen LogP contribution in [0, 0.1) is 0 Å². The summed E-state index contributed by atoms with van der Waals surface area (Å²) in [6, 6.07) is 5.99. The Hall–Kier alpha value is -1.61. The van der Waals surface area contributed by atoms with Gasteiger partial charge in [-0.1, -0.05) is 44.7 Å². The molecule has 0 saturated carbocycles. The topological polar surface area (TPSA) is 35.5 Å². The number of esters is 1. The number of hydrogen-bond acceptors (Lipinski definition) is 3. The van der Waals surface area contributed by atoms with Crippen LogP contribution in [0.3, 0.4) is 0 Å². The summed E-state index contributed by atoms with van der Waals surface area (Å²) in [6.07, 6.45) is 1.12. The third-order valence-electron chi connectivity index (χ3n) is 3.46. The van der Waals surface area contributed by atoms with Gasteiger partial charge in [0.05, 0.1) is 13.2 Å². The highest BCUT2D eigenvalue weighted by Crippen LogP contribution is 2.40. The lowest BCUT2D eigenvalue weighted by atomic mass is 9.77. The normalized spacial score (nSPS) is 20.5. The molecule has 19 heavy (non-hydrogen) atoms. The van der Waals surface area contributed by atoms with E-state index in [-0.39, 0.29) is 11.4 Å². The van der Waals surface area contributed by atoms with Crippen LogP contribution in [0.15, 0.2) is 24.8 Å². The van der Waals surface area contributed by atoms with E-state index in [9.17, 15) is 4.79 Å². The summed E-state index contributed by atoms with van der Waals surface area (Å²) in [4.78, 5) is 12.1. The van der Waals surface area contributed by atoms with Gasteiger partial charge >= 0.3 is 5.97 Å². The average Bonchev–Trinajstić information content (AvgIpc) is 2.38. The fourth-order valence-electron chi connectivity index (χ4n) is 2.50. The second-order valence-electron chi connectivity index (χ2n) is 5.34. The molecular weight excluding hydrogens is 240 g/mol. The van der Waals surface area contributed by atoms with E-state index in [0.29, 0.717) is 13.2 Å². The van der Waals surface area contributed by atoms with E-state index < -0.39 is 6.10 Å². The number of benzene rings is 1. The summed E-state index contributed by atoms with van der Waals surface area (Å²) in [5.41, 5.74) is 2.85. The number of rotatable bonds is 3. The van der Waals surface area contributed by atoms with E-state index in [2.05, 4.69) is 26.5 Å². The molecule has 0 saturated heterocycles. The highest BCUT2D eigenvalue weighted by molar-refractivity contribution is 5.80. The lowest BCUT2D eigenvalue weighted by Crippen LogP contribution is -2.36. The molecular formula is C16H20O3. The Balaban J connectivity index is 2.55. The zero-order valence-electron chi connectivity index (χ0n) is 11.7. The molecule has 0 fully saturated rings. The Labute approximate surface area is 114 Å². The van der Waals surface area contributed by atoms with Crippen molar-refractivity contribution in [1.29, 1.82) is 0 Å². The van der Waals surface area contributed by atoms with Crippen molar-refractivity contribution in [3.63, 3.8) is 0 Å². The molecule has 1 aromatic rings. The summed E-state index contributed by atoms with van der Waals surface area (Å²) in [5.74, 6) is -0.325. The van der Waals surface area contributed by atoms with Gasteiger partial charge in [0.15, 0.2) is 6.10 Å². The summed E-state index contributed by atoms with van der Waals surface area (Å²) < 4.78 is 10.9. The minimum Gasteiger partial charge on any atom is -0.464 e. The summed E-state index contributed by atoms with van der Waals surface area (Å²) in [7, 11) is 0. The predicted octanol–water partition coefficient (Wildman–Crippen LogP) is 3.24. The minimum absolute atomic E-state index is 0.114. The van der Waals surface area contributed by atoms with Crippen molar-refractivity contribution >= 4 is 12.0 Å². The third-order valence-corrected chi connectivity index (χ3v) is 3.46. The van der Waals surface area contributed by atoms with Crippen LogP contribution in [-0.4, -0.2) is 19.2 Å². The molecule has 1 aliphatic heterocycles. The first-order valence-electron chi connectivity index (χ1n) is 6.55. The first-order valence-corrected chi connectivity index (χ1v) is 6.55. The van der Waals surface area contributed by atoms with Gasteiger partial charge < -0.3 is 9.47 Å². The first kappa shape index (κ1) is 13.8. The van der Waals surface area contributed by atoms with Gasteiger partial charge in [0.1, 0.15) is 0 Å². The van der Waals surface area contributed by atoms with Gasteiger partial charge in [0, 0.05) is 11.0 Å². The SMILES string of the molecule is C=Cc1cccc2c1C(C(=O)OCC)OCC2(C)C. The van der Waals surface area contributed by atoms with Crippen molar-refractivity contribution in [3.05, 3.63) is 41.5 Å². The minimum atomic E-state index is -0.642. The maximum atomic E-state index is 12.1. The van der Waals surface area contributed by atoms with E-state index in [0.717, 1.165) is 16.7 Å². The van der Waals surface area contributed by atoms with E-state index >= 15 is 0 Å². The fraction of sp³-hybridized carbons (Fsp3) is 0.438. The standard InChI is InChI=1S/C16H20O3/c1-5-11-8-7-9-12-13(11)14(15(17)18-6-2)19-10-16(12,3)4/h5,7-9,14H,1,6,10H2,2-4H3. The van der Waals surface area contributed by atoms with Crippen molar-refractivity contribution in [2.45, 2.75) is 32.3 Å². The van der Waals surface area contributed by atoms with Crippen LogP contribution in [0.25, 0.3) is 6.08 Å². The monoisotopic (exact) mass is 260 g/mol. The molecule has 0 spiro atoms. The zero-order chi connectivity index (χ0) is 14.0. The van der Waals surface area contributed by atoms with Crippen molar-refractivity contribution < 1.29 is 14.3 Å². The van der Waals surface area contributed by atoms with Crippen LogP contribution in [0.4, 0.5) is 0 Å². The molecule has 1 aliphatic rings. The molecule has 102 valence electrons. The van der Waals surface area contributed by atoms with Crippen LogP contribution < -0.4 is 0 Å². The smallest absolute Gasteiger partial charge is 0.339 e. The van der Waals surface area contributed by atoms with E-state index in [1.807, 2.05) is 12.1 Å². The highest BCUT2D eigenvalue weighted by atomic mass is 16.6. The molecule has 0 aliphatic carbocycles. The maximum absolute atomic E-state index is 12.1. The Morgan fingerprint density at radius 3 is 2.95 bits per heavy atom. The quantitative estimate of drug-likeness (QED) is 0.783. The number of carbonyl (C=O) groups is 1. The van der Waals surface area contributed by atoms with Gasteiger partial charge in [0.25, 0.3) is 0 Å². The molecule has 3 heteroatoms. The average molecular weight is 260 g/mol. The van der Waals surface area contributed by atoms with Crippen molar-refractivity contribution in [3.8, 4) is 0 Å². The van der Waals surface area contributed by atoms with Crippen molar-refractivity contribution in [1.82, 2.24) is 0 Å². The summed E-state index contributed by atoms with van der Waals surface area (Å²) >= 11 is 0. The summed E-state index contributed by atoms with van der Waals surface area (Å²) in [5, 5.41) is 0. The molecule has 0 radical (unpaired) electrons. The largest absolute Gasteiger partial charge is 0.464 e. The molecule has 0 bridgehead atoms. The predicted molar refractivity (Wildman–Crippen MR) is 74.9 cm³/mol. The Morgan fingerprint density at radius 1 is 1.58 bits per heavy atom. The van der Waals surface area contributed by atoms with Crippen LogP contribution in [0.1, 0.15) is 43.6 Å². The van der Waals surface area contributed by atoms with Gasteiger partial charge in [-0.2, -0.15) is 0 Å². The van der Waals surface area contributed by atoms with Crippen molar-refractivity contribution in [2.24, 2.45) is 0 Å². The second-order valence-corrected chi connectivity index (χ2v) is 5.34. The summed E-state index contributed by atoms with van der Waals surface area (Å²) in [6.45, 7) is 10.7. The lowest BCUT2D eigenvalue weighted by molar-refractivity contribution is -0.159. The number of hydrogen-bond donors (Lipinski definition) is 0. The third kappa shape index (κ3) is 2.43. The number of fused-ring (bicyclic) bond motifs is 1. The van der Waals surface area contributed by atoms with E-state index in [4.69, 9.17) is 9.47 Å². The Morgan fingerprint density at radius 2 is 2.32 bits per heavy atom. The van der Waals surface area contributed by atoms with Gasteiger partial charge in [-0.05, 0) is 18.1 Å². The second kappa shape index (κ2) is 5.17. The zero-order valence-corrected chi connectivity index (χ0v) is 11.7. The molecule has 3 nitrogen and oxygen atoms in total. The highest BCUT2D eigenvalue weighted by Gasteiger charge is 2.38. The van der Waals surface area contributed by atoms with Crippen LogP contribution in [-0.2, 0) is 19.7 Å². The van der Waals surface area contributed by atoms with Crippen LogP contribution >= 0.6 is 0 Å². The fourth-order valence-corrected chi connectivity index (χ4v) is 2.50. The number of carbonyl (C=O) groups excluding carboxylic acids is 1. The molecule has 1 aromatic carbocycles. The lowest BCUT2D eigenvalue weighted by Gasteiger charge is -2.37. The number of ether oxygens (including phenoxy) is 2. The molecule has 1 heterocycles. The molecule has 1 atom stereocenters. The van der Waals surface area contributed by atoms with Gasteiger partial charge in [-0.3, -0.25) is 0 Å². The van der Waals surface area contributed by atoms with E-state index in [1.54, 1.807) is 13.0 Å². The maximum Gasteiger partial charge on any atom is 0.339 e. The van der Waals surface area contributed by atoms with Gasteiger partial charge in [-0.25, -0.2) is 4.79 Å². The van der Waals surface area contributed by atoms with Crippen LogP contribution in [0.5, 0.6) is 0 Å². The van der Waals surface area contributed by atoms with E-state index in [1.165, 1.54) is 0 Å². The molecule has 2 rings (SSSR count). The first-order chi connectivity index (χ1) is 9.01. The molecule has 0 N–H and O–H groups in total. The molecule has 0 amide bonds. The van der Waals surface area contributed by atoms with Crippen LogP contribution in [0.2, 0.25) is 0 Å².